The van der Waals surface area contributed by atoms with Gasteiger partial charge in [-0.25, -0.2) is 0 Å². The van der Waals surface area contributed by atoms with Crippen LogP contribution in [0.5, 0.6) is 0 Å². The van der Waals surface area contributed by atoms with E-state index in [1.165, 1.54) is 32.1 Å². The first-order chi connectivity index (χ1) is 9.17. The van der Waals surface area contributed by atoms with Crippen molar-refractivity contribution >= 4 is 0 Å². The molecule has 0 spiro atoms. The number of nitrogens with one attached hydrogen (secondary N) is 1. The summed E-state index contributed by atoms with van der Waals surface area (Å²) in [6.07, 6.45) is 7.03. The molecule has 2 rings (SSSR count). The first kappa shape index (κ1) is 15.2. The molecule has 0 amide bonds. The van der Waals surface area contributed by atoms with Gasteiger partial charge in [0.2, 0.25) is 0 Å². The van der Waals surface area contributed by atoms with Gasteiger partial charge in [0.05, 0.1) is 18.8 Å². The molecule has 1 saturated carbocycles. The largest absolute Gasteiger partial charge is 0.394 e. The van der Waals surface area contributed by atoms with Gasteiger partial charge in [0, 0.05) is 26.2 Å². The number of hydrogen-bond donors (Lipinski definition) is 2. The van der Waals surface area contributed by atoms with Crippen LogP contribution < -0.4 is 5.32 Å². The summed E-state index contributed by atoms with van der Waals surface area (Å²) < 4.78 is 5.74. The van der Waals surface area contributed by atoms with Crippen molar-refractivity contribution in [1.29, 1.82) is 0 Å². The van der Waals surface area contributed by atoms with Crippen molar-refractivity contribution in [2.75, 3.05) is 39.8 Å². The second kappa shape index (κ2) is 7.02. The Morgan fingerprint density at radius 2 is 2.00 bits per heavy atom. The highest BCUT2D eigenvalue weighted by atomic mass is 16.5. The third kappa shape index (κ3) is 4.15. The van der Waals surface area contributed by atoms with Crippen LogP contribution in [0.1, 0.15) is 39.0 Å². The van der Waals surface area contributed by atoms with Crippen LogP contribution in [-0.4, -0.2) is 62.0 Å². The molecule has 2 unspecified atom stereocenters. The molecule has 4 heteroatoms. The molecule has 112 valence electrons. The van der Waals surface area contributed by atoms with Crippen LogP contribution in [0.2, 0.25) is 0 Å². The second-order valence-corrected chi connectivity index (χ2v) is 6.54. The van der Waals surface area contributed by atoms with E-state index in [2.05, 4.69) is 24.2 Å². The van der Waals surface area contributed by atoms with Crippen LogP contribution in [-0.2, 0) is 4.74 Å². The summed E-state index contributed by atoms with van der Waals surface area (Å²) in [5.41, 5.74) is 0.435. The Labute approximate surface area is 117 Å². The van der Waals surface area contributed by atoms with Gasteiger partial charge in [0.15, 0.2) is 0 Å². The monoisotopic (exact) mass is 270 g/mol. The fraction of sp³-hybridized carbons (Fsp3) is 1.00. The maximum atomic E-state index is 9.34. The number of ether oxygens (including phenoxy) is 1. The van der Waals surface area contributed by atoms with Gasteiger partial charge in [-0.2, -0.15) is 0 Å². The third-order valence-corrected chi connectivity index (χ3v) is 4.63. The normalized spacial score (nSPS) is 32.4. The number of aliphatic hydroxyl groups excluding tert-OH is 1. The third-order valence-electron chi connectivity index (χ3n) is 4.63. The maximum Gasteiger partial charge on any atom is 0.0936 e. The lowest BCUT2D eigenvalue weighted by molar-refractivity contribution is -0.104. The SMILES string of the molecule is CNCC1(CN2CC(C)OC(CO)C2)CCCCC1. The fourth-order valence-corrected chi connectivity index (χ4v) is 3.91. The molecule has 19 heavy (non-hydrogen) atoms. The van der Waals surface area contributed by atoms with Gasteiger partial charge in [-0.15, -0.1) is 0 Å². The van der Waals surface area contributed by atoms with Gasteiger partial charge in [-0.3, -0.25) is 4.90 Å². The molecule has 4 nitrogen and oxygen atoms in total. The molecule has 0 radical (unpaired) electrons. The summed E-state index contributed by atoms with van der Waals surface area (Å²) in [6, 6.07) is 0. The summed E-state index contributed by atoms with van der Waals surface area (Å²) in [6.45, 7) is 6.40. The first-order valence-electron chi connectivity index (χ1n) is 7.81. The van der Waals surface area contributed by atoms with E-state index in [0.717, 1.165) is 26.2 Å². The molecule has 2 aliphatic rings. The van der Waals surface area contributed by atoms with Crippen LogP contribution in [0.4, 0.5) is 0 Å². The summed E-state index contributed by atoms with van der Waals surface area (Å²) in [5, 5.41) is 12.7. The van der Waals surface area contributed by atoms with E-state index in [-0.39, 0.29) is 18.8 Å². The average Bonchev–Trinajstić information content (AvgIpc) is 2.39. The minimum atomic E-state index is -0.000948. The number of aliphatic hydroxyl groups is 1. The molecule has 0 bridgehead atoms. The maximum absolute atomic E-state index is 9.34. The van der Waals surface area contributed by atoms with Crippen molar-refractivity contribution < 1.29 is 9.84 Å². The molecule has 0 aromatic heterocycles. The van der Waals surface area contributed by atoms with E-state index in [1.54, 1.807) is 0 Å². The Balaban J connectivity index is 1.95. The summed E-state index contributed by atoms with van der Waals surface area (Å²) >= 11 is 0. The molecule has 2 atom stereocenters. The minimum absolute atomic E-state index is 0.000948. The van der Waals surface area contributed by atoms with Gasteiger partial charge in [-0.05, 0) is 32.2 Å². The molecule has 1 saturated heterocycles. The quantitative estimate of drug-likeness (QED) is 0.789. The van der Waals surface area contributed by atoms with Crippen molar-refractivity contribution in [3.63, 3.8) is 0 Å². The molecule has 0 aromatic rings. The Morgan fingerprint density at radius 3 is 2.63 bits per heavy atom. The van der Waals surface area contributed by atoms with Crippen molar-refractivity contribution in [2.45, 2.75) is 51.2 Å². The van der Waals surface area contributed by atoms with Gasteiger partial charge in [-0.1, -0.05) is 19.3 Å². The van der Waals surface area contributed by atoms with Gasteiger partial charge < -0.3 is 15.2 Å². The highest BCUT2D eigenvalue weighted by Crippen LogP contribution is 2.37. The molecular formula is C15H30N2O2. The zero-order valence-electron chi connectivity index (χ0n) is 12.5. The fourth-order valence-electron chi connectivity index (χ4n) is 3.91. The van der Waals surface area contributed by atoms with Crippen LogP contribution in [0.25, 0.3) is 0 Å². The minimum Gasteiger partial charge on any atom is -0.394 e. The van der Waals surface area contributed by atoms with Crippen molar-refractivity contribution in [2.24, 2.45) is 5.41 Å². The van der Waals surface area contributed by atoms with E-state index < -0.39 is 0 Å². The Morgan fingerprint density at radius 1 is 1.26 bits per heavy atom. The smallest absolute Gasteiger partial charge is 0.0936 e. The van der Waals surface area contributed by atoms with Gasteiger partial charge >= 0.3 is 0 Å². The van der Waals surface area contributed by atoms with Crippen LogP contribution >= 0.6 is 0 Å². The Bertz CT molecular complexity index is 261. The van der Waals surface area contributed by atoms with E-state index in [1.807, 2.05) is 0 Å². The summed E-state index contributed by atoms with van der Waals surface area (Å²) in [7, 11) is 2.06. The predicted molar refractivity (Wildman–Crippen MR) is 77.3 cm³/mol. The Kier molecular flexibility index (Phi) is 5.63. The highest BCUT2D eigenvalue weighted by molar-refractivity contribution is 4.89. The van der Waals surface area contributed by atoms with E-state index in [4.69, 9.17) is 4.74 Å². The number of morpholine rings is 1. The first-order valence-corrected chi connectivity index (χ1v) is 7.81. The molecule has 1 aliphatic heterocycles. The predicted octanol–water partition coefficient (Wildman–Crippen LogP) is 1.24. The van der Waals surface area contributed by atoms with E-state index in [0.29, 0.717) is 5.41 Å². The second-order valence-electron chi connectivity index (χ2n) is 6.54. The lowest BCUT2D eigenvalue weighted by atomic mass is 9.73. The van der Waals surface area contributed by atoms with E-state index in [9.17, 15) is 5.11 Å². The standard InChI is InChI=1S/C15H30N2O2/c1-13-8-17(9-14(10-18)19-13)12-15(11-16-2)6-4-3-5-7-15/h13-14,16,18H,3-12H2,1-2H3. The number of nitrogens with zero attached hydrogens (tertiary/aromatic N) is 1. The van der Waals surface area contributed by atoms with Crippen molar-refractivity contribution in [3.8, 4) is 0 Å². The Hall–Kier alpha value is -0.160. The van der Waals surface area contributed by atoms with Crippen molar-refractivity contribution in [3.05, 3.63) is 0 Å². The van der Waals surface area contributed by atoms with Crippen LogP contribution in [0.15, 0.2) is 0 Å². The molecule has 1 heterocycles. The topological polar surface area (TPSA) is 44.7 Å². The zero-order valence-corrected chi connectivity index (χ0v) is 12.5. The molecular weight excluding hydrogens is 240 g/mol. The van der Waals surface area contributed by atoms with Gasteiger partial charge in [0.1, 0.15) is 0 Å². The van der Waals surface area contributed by atoms with Crippen LogP contribution in [0.3, 0.4) is 0 Å². The molecule has 0 aromatic carbocycles. The summed E-state index contributed by atoms with van der Waals surface area (Å²) in [5.74, 6) is 0. The molecule has 1 aliphatic carbocycles. The molecule has 2 fully saturated rings. The highest BCUT2D eigenvalue weighted by Gasteiger charge is 2.35. The lowest BCUT2D eigenvalue weighted by Crippen LogP contribution is -2.53. The number of rotatable bonds is 5. The van der Waals surface area contributed by atoms with E-state index >= 15 is 0 Å². The number of hydrogen-bond acceptors (Lipinski definition) is 4. The van der Waals surface area contributed by atoms with Crippen LogP contribution in [0, 0.1) is 5.41 Å². The molecule has 2 N–H and O–H groups in total. The lowest BCUT2D eigenvalue weighted by Gasteiger charge is -2.44. The van der Waals surface area contributed by atoms with Crippen molar-refractivity contribution in [1.82, 2.24) is 10.2 Å². The van der Waals surface area contributed by atoms with Gasteiger partial charge in [0.25, 0.3) is 0 Å². The average molecular weight is 270 g/mol. The summed E-state index contributed by atoms with van der Waals surface area (Å²) in [4.78, 5) is 2.51. The zero-order chi connectivity index (χ0) is 13.7.